The zero-order valence-corrected chi connectivity index (χ0v) is 14.5. The van der Waals surface area contributed by atoms with Crippen LogP contribution in [0.25, 0.3) is 0 Å². The van der Waals surface area contributed by atoms with Gasteiger partial charge in [0.15, 0.2) is 0 Å². The fourth-order valence-corrected chi connectivity index (χ4v) is 2.29. The van der Waals surface area contributed by atoms with Crippen LogP contribution in [-0.4, -0.2) is 47.0 Å². The second kappa shape index (κ2) is 7.66. The molecule has 7 nitrogen and oxygen atoms in total. The summed E-state index contributed by atoms with van der Waals surface area (Å²) in [6, 6.07) is -1.54. The van der Waals surface area contributed by atoms with Crippen molar-refractivity contribution in [2.75, 3.05) is 6.54 Å². The highest BCUT2D eigenvalue weighted by atomic mass is 16.6. The summed E-state index contributed by atoms with van der Waals surface area (Å²) in [6.07, 6.45) is 3.35. The molecule has 0 aliphatic carbocycles. The third-order valence-corrected chi connectivity index (χ3v) is 3.68. The number of primary amides is 1. The van der Waals surface area contributed by atoms with Crippen LogP contribution in [0.3, 0.4) is 0 Å². The first-order valence-corrected chi connectivity index (χ1v) is 7.82. The van der Waals surface area contributed by atoms with Crippen LogP contribution < -0.4 is 11.1 Å². The smallest absolute Gasteiger partial charge is 0.408 e. The molecule has 23 heavy (non-hydrogen) atoms. The van der Waals surface area contributed by atoms with Crippen molar-refractivity contribution in [3.63, 3.8) is 0 Å². The first-order valence-electron chi connectivity index (χ1n) is 7.82. The van der Waals surface area contributed by atoms with Gasteiger partial charge in [0.05, 0.1) is 0 Å². The SMILES string of the molecule is CCC(C)[C@H](NC(=O)OC(C)(C)C)C(=O)N1C[CH][CH][C@H]1C(N)=O. The van der Waals surface area contributed by atoms with Gasteiger partial charge in [0.2, 0.25) is 11.8 Å². The van der Waals surface area contributed by atoms with E-state index in [0.717, 1.165) is 0 Å². The number of nitrogens with zero attached hydrogens (tertiary/aromatic N) is 1. The van der Waals surface area contributed by atoms with Crippen LogP contribution in [0, 0.1) is 18.8 Å². The molecule has 0 aromatic rings. The molecule has 1 aliphatic heterocycles. The van der Waals surface area contributed by atoms with Crippen molar-refractivity contribution in [1.29, 1.82) is 0 Å². The standard InChI is InChI=1S/C16H27N3O4/c1-6-10(2)12(18-15(22)23-16(3,4)5)14(21)19-9-7-8-11(19)13(17)20/h7-8,10-12H,6,9H2,1-5H3,(H2,17,20)(H,18,22)/t10?,11-,12-/m0/s1. The Labute approximate surface area is 137 Å². The van der Waals surface area contributed by atoms with Crippen molar-refractivity contribution < 1.29 is 19.1 Å². The van der Waals surface area contributed by atoms with E-state index in [1.807, 2.05) is 13.8 Å². The van der Waals surface area contributed by atoms with Gasteiger partial charge >= 0.3 is 6.09 Å². The van der Waals surface area contributed by atoms with E-state index in [2.05, 4.69) is 5.32 Å². The molecule has 1 unspecified atom stereocenters. The van der Waals surface area contributed by atoms with Crippen molar-refractivity contribution >= 4 is 17.9 Å². The Hall–Kier alpha value is -1.79. The predicted molar refractivity (Wildman–Crippen MR) is 85.9 cm³/mol. The van der Waals surface area contributed by atoms with E-state index in [0.29, 0.717) is 13.0 Å². The van der Waals surface area contributed by atoms with Crippen LogP contribution in [0.5, 0.6) is 0 Å². The number of hydrogen-bond acceptors (Lipinski definition) is 4. The number of nitrogens with one attached hydrogen (secondary N) is 1. The first kappa shape index (κ1) is 19.3. The zero-order valence-electron chi connectivity index (χ0n) is 14.5. The van der Waals surface area contributed by atoms with Crippen LogP contribution in [-0.2, 0) is 14.3 Å². The van der Waals surface area contributed by atoms with Crippen molar-refractivity contribution in [2.24, 2.45) is 11.7 Å². The van der Waals surface area contributed by atoms with E-state index in [-0.39, 0.29) is 11.8 Å². The number of carbonyl (C=O) groups excluding carboxylic acids is 3. The summed E-state index contributed by atoms with van der Waals surface area (Å²) < 4.78 is 5.22. The second-order valence-electron chi connectivity index (χ2n) is 6.78. The van der Waals surface area contributed by atoms with E-state index in [1.54, 1.807) is 33.6 Å². The molecule has 1 saturated heterocycles. The van der Waals surface area contributed by atoms with E-state index in [1.165, 1.54) is 4.90 Å². The Morgan fingerprint density at radius 3 is 2.48 bits per heavy atom. The van der Waals surface area contributed by atoms with E-state index >= 15 is 0 Å². The summed E-state index contributed by atoms with van der Waals surface area (Å²) >= 11 is 0. The average molecular weight is 325 g/mol. The Bertz CT molecular complexity index is 459. The minimum atomic E-state index is -0.769. The highest BCUT2D eigenvalue weighted by molar-refractivity contribution is 5.92. The maximum atomic E-state index is 12.8. The van der Waals surface area contributed by atoms with E-state index in [4.69, 9.17) is 10.5 Å². The lowest BCUT2D eigenvalue weighted by Gasteiger charge is -2.31. The molecule has 0 aromatic heterocycles. The minimum Gasteiger partial charge on any atom is -0.444 e. The van der Waals surface area contributed by atoms with E-state index < -0.39 is 29.7 Å². The molecule has 1 aliphatic rings. The number of rotatable bonds is 5. The zero-order chi connectivity index (χ0) is 17.8. The number of amides is 3. The largest absolute Gasteiger partial charge is 0.444 e. The molecule has 0 saturated carbocycles. The molecule has 0 aromatic carbocycles. The van der Waals surface area contributed by atoms with Crippen LogP contribution in [0.15, 0.2) is 0 Å². The molecule has 2 radical (unpaired) electrons. The third-order valence-electron chi connectivity index (χ3n) is 3.68. The van der Waals surface area contributed by atoms with Crippen molar-refractivity contribution in [2.45, 2.75) is 58.7 Å². The molecule has 3 amide bonds. The van der Waals surface area contributed by atoms with Crippen molar-refractivity contribution in [1.82, 2.24) is 10.2 Å². The van der Waals surface area contributed by atoms with E-state index in [9.17, 15) is 14.4 Å². The lowest BCUT2D eigenvalue weighted by Crippen LogP contribution is -2.55. The van der Waals surface area contributed by atoms with Gasteiger partial charge in [-0.05, 0) is 39.5 Å². The molecule has 3 N–H and O–H groups in total. The number of carbonyl (C=O) groups is 3. The van der Waals surface area contributed by atoms with Gasteiger partial charge < -0.3 is 20.7 Å². The quantitative estimate of drug-likeness (QED) is 0.788. The summed E-state index contributed by atoms with van der Waals surface area (Å²) in [5.74, 6) is -1.03. The predicted octanol–water partition coefficient (Wildman–Crippen LogP) is 1.03. The van der Waals surface area contributed by atoms with Gasteiger partial charge in [-0.25, -0.2) is 4.79 Å². The third kappa shape index (κ3) is 5.41. The Balaban J connectivity index is 2.87. The highest BCUT2D eigenvalue weighted by Crippen LogP contribution is 2.20. The average Bonchev–Trinajstić information content (AvgIpc) is 2.90. The van der Waals surface area contributed by atoms with Crippen molar-refractivity contribution in [3.8, 4) is 0 Å². The summed E-state index contributed by atoms with van der Waals surface area (Å²) in [7, 11) is 0. The monoisotopic (exact) mass is 325 g/mol. The topological polar surface area (TPSA) is 102 Å². The molecular formula is C16H27N3O4. The molecule has 1 fully saturated rings. The molecule has 0 bridgehead atoms. The number of likely N-dealkylation sites (tertiary alicyclic amines) is 1. The van der Waals surface area contributed by atoms with Gasteiger partial charge in [-0.1, -0.05) is 20.3 Å². The molecule has 130 valence electrons. The molecule has 1 heterocycles. The highest BCUT2D eigenvalue weighted by Gasteiger charge is 2.39. The Morgan fingerprint density at radius 1 is 1.39 bits per heavy atom. The minimum absolute atomic E-state index is 0.107. The molecule has 0 spiro atoms. The van der Waals surface area contributed by atoms with Gasteiger partial charge in [0.1, 0.15) is 17.7 Å². The van der Waals surface area contributed by atoms with Crippen LogP contribution >= 0.6 is 0 Å². The van der Waals surface area contributed by atoms with Crippen LogP contribution in [0.1, 0.15) is 41.0 Å². The normalized spacial score (nSPS) is 20.7. The Kier molecular flexibility index (Phi) is 6.41. The number of alkyl carbamates (subject to hydrolysis) is 1. The summed E-state index contributed by atoms with van der Waals surface area (Å²) in [5.41, 5.74) is 4.67. The van der Waals surface area contributed by atoms with Gasteiger partial charge in [-0.2, -0.15) is 0 Å². The van der Waals surface area contributed by atoms with Gasteiger partial charge in [-0.15, -0.1) is 0 Å². The van der Waals surface area contributed by atoms with Gasteiger partial charge in [-0.3, -0.25) is 9.59 Å². The Morgan fingerprint density at radius 2 is 2.00 bits per heavy atom. The van der Waals surface area contributed by atoms with Crippen LogP contribution in [0.2, 0.25) is 0 Å². The fourth-order valence-electron chi connectivity index (χ4n) is 2.29. The fraction of sp³-hybridized carbons (Fsp3) is 0.688. The van der Waals surface area contributed by atoms with Crippen molar-refractivity contribution in [3.05, 3.63) is 12.8 Å². The summed E-state index contributed by atoms with van der Waals surface area (Å²) in [4.78, 5) is 37.6. The summed E-state index contributed by atoms with van der Waals surface area (Å²) in [6.45, 7) is 9.34. The first-order chi connectivity index (χ1) is 10.6. The number of hydrogen-bond donors (Lipinski definition) is 2. The molecular weight excluding hydrogens is 298 g/mol. The lowest BCUT2D eigenvalue weighted by molar-refractivity contribution is -0.139. The lowest BCUT2D eigenvalue weighted by atomic mass is 9.97. The molecule has 1 rings (SSSR count). The van der Waals surface area contributed by atoms with Gasteiger partial charge in [0.25, 0.3) is 0 Å². The van der Waals surface area contributed by atoms with Gasteiger partial charge in [0, 0.05) is 6.54 Å². The number of nitrogens with two attached hydrogens (primary N) is 1. The maximum Gasteiger partial charge on any atom is 0.408 e. The molecule has 3 atom stereocenters. The van der Waals surface area contributed by atoms with Crippen LogP contribution in [0.4, 0.5) is 4.79 Å². The maximum absolute atomic E-state index is 12.8. The number of ether oxygens (including phenoxy) is 1. The second-order valence-corrected chi connectivity index (χ2v) is 6.78. The summed E-state index contributed by atoms with van der Waals surface area (Å²) in [5, 5.41) is 2.63. The molecule has 7 heteroatoms.